The minimum atomic E-state index is -0.344. The summed E-state index contributed by atoms with van der Waals surface area (Å²) in [5.41, 5.74) is 0.394. The Balaban J connectivity index is 2.16. The van der Waals surface area contributed by atoms with Crippen LogP contribution in [-0.4, -0.2) is 14.8 Å². The van der Waals surface area contributed by atoms with Gasteiger partial charge in [0.1, 0.15) is 11.6 Å². The Morgan fingerprint density at radius 3 is 2.76 bits per heavy atom. The van der Waals surface area contributed by atoms with E-state index >= 15 is 0 Å². The van der Waals surface area contributed by atoms with E-state index in [1.807, 2.05) is 0 Å². The summed E-state index contributed by atoms with van der Waals surface area (Å²) >= 11 is 9.20. The normalized spacial score (nSPS) is 15.2. The largest absolute Gasteiger partial charge is 0.267 e. The third kappa shape index (κ3) is 1.98. The number of hydrogen-bond acceptors (Lipinski definition) is 2. The average Bonchev–Trinajstić information content (AvgIpc) is 3.04. The molecule has 1 aromatic heterocycles. The number of benzene rings is 1. The highest BCUT2D eigenvalue weighted by Crippen LogP contribution is 2.41. The van der Waals surface area contributed by atoms with Crippen molar-refractivity contribution in [2.45, 2.75) is 18.8 Å². The fraction of sp³-hybridized carbons (Fsp3) is 0.273. The lowest BCUT2D eigenvalue weighted by atomic mass is 10.3. The van der Waals surface area contributed by atoms with Crippen molar-refractivity contribution in [3.05, 3.63) is 39.6 Å². The summed E-state index contributed by atoms with van der Waals surface area (Å²) in [6.45, 7) is 0. The first-order valence-corrected chi connectivity index (χ1v) is 6.40. The number of rotatable bonds is 2. The molecule has 6 heteroatoms. The first-order valence-electron chi connectivity index (χ1n) is 5.23. The van der Waals surface area contributed by atoms with E-state index in [0.29, 0.717) is 16.1 Å². The molecule has 0 aliphatic heterocycles. The Kier molecular flexibility index (Phi) is 2.67. The number of hydrogen-bond donors (Lipinski definition) is 0. The van der Waals surface area contributed by atoms with Gasteiger partial charge in [0.15, 0.2) is 0 Å². The second kappa shape index (κ2) is 4.07. The van der Waals surface area contributed by atoms with Gasteiger partial charge in [0, 0.05) is 10.4 Å². The summed E-state index contributed by atoms with van der Waals surface area (Å²) in [6, 6.07) is 4.84. The minimum Gasteiger partial charge on any atom is -0.267 e. The summed E-state index contributed by atoms with van der Waals surface area (Å²) in [6.07, 6.45) is 2.13. The van der Waals surface area contributed by atoms with Crippen LogP contribution in [0, 0.1) is 5.82 Å². The zero-order valence-electron chi connectivity index (χ0n) is 8.70. The van der Waals surface area contributed by atoms with Gasteiger partial charge in [0.25, 0.3) is 0 Å². The highest BCUT2D eigenvalue weighted by Gasteiger charge is 2.31. The molecule has 1 aliphatic carbocycles. The molecule has 1 aromatic carbocycles. The zero-order chi connectivity index (χ0) is 12.0. The predicted octanol–water partition coefficient (Wildman–Crippen LogP) is 3.70. The molecular formula is C11H8BrClFN3. The lowest BCUT2D eigenvalue weighted by molar-refractivity contribution is 0.614. The van der Waals surface area contributed by atoms with E-state index in [1.54, 1.807) is 16.7 Å². The van der Waals surface area contributed by atoms with Gasteiger partial charge in [-0.25, -0.2) is 4.39 Å². The van der Waals surface area contributed by atoms with Crippen molar-refractivity contribution < 1.29 is 4.39 Å². The molecule has 0 amide bonds. The average molecular weight is 317 g/mol. The van der Waals surface area contributed by atoms with Crippen molar-refractivity contribution in [3.8, 4) is 5.69 Å². The Morgan fingerprint density at radius 1 is 1.35 bits per heavy atom. The van der Waals surface area contributed by atoms with Crippen LogP contribution in [0.25, 0.3) is 5.69 Å². The van der Waals surface area contributed by atoms with Crippen LogP contribution in [0.3, 0.4) is 0 Å². The monoisotopic (exact) mass is 315 g/mol. The molecule has 0 N–H and O–H groups in total. The van der Waals surface area contributed by atoms with Gasteiger partial charge in [-0.15, -0.1) is 10.2 Å². The summed E-state index contributed by atoms with van der Waals surface area (Å²) in [4.78, 5) is 0. The van der Waals surface area contributed by atoms with E-state index in [-0.39, 0.29) is 11.1 Å². The zero-order valence-corrected chi connectivity index (χ0v) is 11.0. The molecule has 2 aromatic rings. The van der Waals surface area contributed by atoms with Crippen LogP contribution in [0.4, 0.5) is 4.39 Å². The maximum atomic E-state index is 13.9. The molecule has 0 radical (unpaired) electrons. The van der Waals surface area contributed by atoms with Crippen LogP contribution in [0.1, 0.15) is 24.6 Å². The molecule has 1 aliphatic rings. The molecule has 88 valence electrons. The second-order valence-corrected chi connectivity index (χ2v) is 5.29. The number of nitrogens with zero attached hydrogens (tertiary/aromatic N) is 3. The molecule has 3 nitrogen and oxygen atoms in total. The maximum Gasteiger partial charge on any atom is 0.229 e. The lowest BCUT2D eigenvalue weighted by Crippen LogP contribution is -2.02. The summed E-state index contributed by atoms with van der Waals surface area (Å²) in [7, 11) is 0. The highest BCUT2D eigenvalue weighted by molar-refractivity contribution is 9.10. The first-order chi connectivity index (χ1) is 8.16. The van der Waals surface area contributed by atoms with E-state index < -0.39 is 0 Å². The van der Waals surface area contributed by atoms with Crippen molar-refractivity contribution in [2.75, 3.05) is 0 Å². The second-order valence-electron chi connectivity index (χ2n) is 4.03. The van der Waals surface area contributed by atoms with E-state index in [0.717, 1.165) is 18.7 Å². The van der Waals surface area contributed by atoms with Gasteiger partial charge in [-0.1, -0.05) is 15.9 Å². The van der Waals surface area contributed by atoms with Crippen LogP contribution in [0.15, 0.2) is 22.7 Å². The Labute approximate surface area is 111 Å². The van der Waals surface area contributed by atoms with Crippen molar-refractivity contribution in [1.29, 1.82) is 0 Å². The molecule has 0 unspecified atom stereocenters. The van der Waals surface area contributed by atoms with E-state index in [4.69, 9.17) is 11.6 Å². The Bertz CT molecular complexity index is 580. The molecule has 17 heavy (non-hydrogen) atoms. The lowest BCUT2D eigenvalue weighted by Gasteiger charge is -2.08. The van der Waals surface area contributed by atoms with Gasteiger partial charge in [-0.05, 0) is 42.6 Å². The highest BCUT2D eigenvalue weighted by atomic mass is 79.9. The Hall–Kier alpha value is -0.940. The van der Waals surface area contributed by atoms with Gasteiger partial charge in [0.2, 0.25) is 5.28 Å². The number of halogens is 3. The predicted molar refractivity (Wildman–Crippen MR) is 66.0 cm³/mol. The molecule has 1 saturated carbocycles. The number of aromatic nitrogens is 3. The van der Waals surface area contributed by atoms with Crippen molar-refractivity contribution in [1.82, 2.24) is 14.8 Å². The van der Waals surface area contributed by atoms with E-state index in [9.17, 15) is 4.39 Å². The summed E-state index contributed by atoms with van der Waals surface area (Å²) in [5, 5.41) is 8.04. The third-order valence-corrected chi connectivity index (χ3v) is 3.48. The summed E-state index contributed by atoms with van der Waals surface area (Å²) in [5.74, 6) is 0.761. The van der Waals surface area contributed by atoms with Crippen molar-refractivity contribution in [3.63, 3.8) is 0 Å². The smallest absolute Gasteiger partial charge is 0.229 e. The topological polar surface area (TPSA) is 30.7 Å². The van der Waals surface area contributed by atoms with Crippen LogP contribution in [0.2, 0.25) is 5.28 Å². The molecule has 0 atom stereocenters. The Morgan fingerprint density at radius 2 is 2.12 bits per heavy atom. The SMILES string of the molecule is Fc1cc(Br)ccc1-n1c(Cl)nnc1C1CC1. The summed E-state index contributed by atoms with van der Waals surface area (Å²) < 4.78 is 16.2. The van der Waals surface area contributed by atoms with Crippen LogP contribution >= 0.6 is 27.5 Å². The third-order valence-electron chi connectivity index (χ3n) is 2.74. The van der Waals surface area contributed by atoms with Gasteiger partial charge >= 0.3 is 0 Å². The quantitative estimate of drug-likeness (QED) is 0.846. The van der Waals surface area contributed by atoms with Crippen LogP contribution in [-0.2, 0) is 0 Å². The van der Waals surface area contributed by atoms with E-state index in [1.165, 1.54) is 6.07 Å². The van der Waals surface area contributed by atoms with Crippen LogP contribution in [0.5, 0.6) is 0 Å². The fourth-order valence-corrected chi connectivity index (χ4v) is 2.32. The molecule has 3 rings (SSSR count). The van der Waals surface area contributed by atoms with E-state index in [2.05, 4.69) is 26.1 Å². The van der Waals surface area contributed by atoms with Crippen molar-refractivity contribution >= 4 is 27.5 Å². The minimum absolute atomic E-state index is 0.202. The standard InChI is InChI=1S/C11H8BrClFN3/c12-7-3-4-9(8(14)5-7)17-10(6-1-2-6)15-16-11(17)13/h3-6H,1-2H2. The van der Waals surface area contributed by atoms with Gasteiger partial charge in [-0.2, -0.15) is 0 Å². The molecule has 0 bridgehead atoms. The van der Waals surface area contributed by atoms with Gasteiger partial charge in [0.05, 0.1) is 5.69 Å². The van der Waals surface area contributed by atoms with Gasteiger partial charge < -0.3 is 0 Å². The molecule has 1 heterocycles. The molecule has 0 spiro atoms. The molecular weight excluding hydrogens is 308 g/mol. The fourth-order valence-electron chi connectivity index (χ4n) is 1.77. The molecule has 0 saturated heterocycles. The van der Waals surface area contributed by atoms with Crippen LogP contribution < -0.4 is 0 Å². The maximum absolute atomic E-state index is 13.9. The van der Waals surface area contributed by atoms with Gasteiger partial charge in [-0.3, -0.25) is 4.57 Å². The first kappa shape index (κ1) is 11.2. The molecule has 1 fully saturated rings. The van der Waals surface area contributed by atoms with Crippen molar-refractivity contribution in [2.24, 2.45) is 0 Å².